The molecule has 0 aliphatic carbocycles. The van der Waals surface area contributed by atoms with Gasteiger partial charge >= 0.3 is 0 Å². The van der Waals surface area contributed by atoms with Crippen molar-refractivity contribution >= 4 is 11.8 Å². The van der Waals surface area contributed by atoms with E-state index in [1.165, 1.54) is 5.56 Å². The van der Waals surface area contributed by atoms with Gasteiger partial charge in [-0.3, -0.25) is 19.2 Å². The molecule has 0 spiro atoms. The molecule has 2 aromatic rings. The van der Waals surface area contributed by atoms with Gasteiger partial charge in [0.05, 0.1) is 0 Å². The van der Waals surface area contributed by atoms with E-state index in [0.29, 0.717) is 25.3 Å². The van der Waals surface area contributed by atoms with Gasteiger partial charge in [-0.1, -0.05) is 30.3 Å². The average Bonchev–Trinajstić information content (AvgIpc) is 3.06. The standard InChI is InChI=1S/C18H23N5O2/c1-21-15(7-9-20-21)18(25)23-12-11-22(16(13-23)17(19)24)10-8-14-5-3-2-4-6-14/h2-7,9,16H,8,10-13H2,1H3,(H2,19,24). The lowest BCUT2D eigenvalue weighted by Crippen LogP contribution is -2.59. The second kappa shape index (κ2) is 7.48. The van der Waals surface area contributed by atoms with Crippen LogP contribution in [0, 0.1) is 0 Å². The Morgan fingerprint density at radius 3 is 2.60 bits per heavy atom. The molecule has 132 valence electrons. The minimum Gasteiger partial charge on any atom is -0.368 e. The predicted molar refractivity (Wildman–Crippen MR) is 93.8 cm³/mol. The van der Waals surface area contributed by atoms with Crippen molar-refractivity contribution in [2.24, 2.45) is 12.8 Å². The van der Waals surface area contributed by atoms with E-state index < -0.39 is 11.9 Å². The Labute approximate surface area is 147 Å². The number of aromatic nitrogens is 2. The number of hydrogen-bond acceptors (Lipinski definition) is 4. The topological polar surface area (TPSA) is 84.5 Å². The van der Waals surface area contributed by atoms with Crippen molar-refractivity contribution in [3.63, 3.8) is 0 Å². The van der Waals surface area contributed by atoms with Crippen LogP contribution < -0.4 is 5.73 Å². The molecule has 2 amide bonds. The van der Waals surface area contributed by atoms with E-state index in [4.69, 9.17) is 5.73 Å². The molecule has 1 aromatic carbocycles. The maximum atomic E-state index is 12.6. The Balaban J connectivity index is 1.65. The number of nitrogens with two attached hydrogens (primary N) is 1. The Bertz CT molecular complexity index is 743. The van der Waals surface area contributed by atoms with Gasteiger partial charge in [0.25, 0.3) is 5.91 Å². The molecule has 7 nitrogen and oxygen atoms in total. The predicted octanol–water partition coefficient (Wildman–Crippen LogP) is 0.275. The first-order valence-electron chi connectivity index (χ1n) is 8.41. The lowest BCUT2D eigenvalue weighted by atomic mass is 10.1. The van der Waals surface area contributed by atoms with Crippen molar-refractivity contribution in [3.05, 3.63) is 53.9 Å². The number of carbonyl (C=O) groups excluding carboxylic acids is 2. The summed E-state index contributed by atoms with van der Waals surface area (Å²) in [6.07, 6.45) is 2.44. The van der Waals surface area contributed by atoms with Crippen LogP contribution in [0.2, 0.25) is 0 Å². The van der Waals surface area contributed by atoms with Crippen LogP contribution in [-0.2, 0) is 18.3 Å². The van der Waals surface area contributed by atoms with Gasteiger partial charge in [-0.05, 0) is 18.1 Å². The molecule has 0 saturated carbocycles. The maximum absolute atomic E-state index is 12.6. The molecular formula is C18H23N5O2. The molecule has 2 heterocycles. The Morgan fingerprint density at radius 2 is 1.96 bits per heavy atom. The number of hydrogen-bond donors (Lipinski definition) is 1. The van der Waals surface area contributed by atoms with Crippen molar-refractivity contribution in [2.75, 3.05) is 26.2 Å². The normalized spacial score (nSPS) is 18.3. The molecule has 1 fully saturated rings. The van der Waals surface area contributed by atoms with Crippen LogP contribution in [0.5, 0.6) is 0 Å². The number of benzene rings is 1. The van der Waals surface area contributed by atoms with Gasteiger partial charge in [0, 0.05) is 39.4 Å². The van der Waals surface area contributed by atoms with Crippen molar-refractivity contribution < 1.29 is 9.59 Å². The monoisotopic (exact) mass is 341 g/mol. The summed E-state index contributed by atoms with van der Waals surface area (Å²) in [4.78, 5) is 28.3. The first-order valence-corrected chi connectivity index (χ1v) is 8.41. The van der Waals surface area contributed by atoms with Crippen LogP contribution in [0.25, 0.3) is 0 Å². The molecule has 2 N–H and O–H groups in total. The third-order valence-corrected chi connectivity index (χ3v) is 4.68. The van der Waals surface area contributed by atoms with E-state index in [1.54, 1.807) is 28.9 Å². The Morgan fingerprint density at radius 1 is 1.20 bits per heavy atom. The van der Waals surface area contributed by atoms with Crippen molar-refractivity contribution in [1.82, 2.24) is 19.6 Å². The highest BCUT2D eigenvalue weighted by atomic mass is 16.2. The number of carbonyl (C=O) groups is 2. The highest BCUT2D eigenvalue weighted by molar-refractivity contribution is 5.93. The highest BCUT2D eigenvalue weighted by Crippen LogP contribution is 2.14. The quantitative estimate of drug-likeness (QED) is 0.846. The van der Waals surface area contributed by atoms with E-state index in [0.717, 1.165) is 13.0 Å². The fourth-order valence-electron chi connectivity index (χ4n) is 3.21. The van der Waals surface area contributed by atoms with Gasteiger partial charge in [0.1, 0.15) is 11.7 Å². The van der Waals surface area contributed by atoms with Gasteiger partial charge in [0.2, 0.25) is 5.91 Å². The number of rotatable bonds is 5. The SMILES string of the molecule is Cn1nccc1C(=O)N1CCN(CCc2ccccc2)C(C(N)=O)C1. The van der Waals surface area contributed by atoms with Gasteiger partial charge in [-0.2, -0.15) is 5.10 Å². The zero-order chi connectivity index (χ0) is 17.8. The maximum Gasteiger partial charge on any atom is 0.272 e. The minimum absolute atomic E-state index is 0.117. The summed E-state index contributed by atoms with van der Waals surface area (Å²) >= 11 is 0. The molecule has 1 atom stereocenters. The number of amides is 2. The number of primary amides is 1. The summed E-state index contributed by atoms with van der Waals surface area (Å²) < 4.78 is 1.55. The first-order chi connectivity index (χ1) is 12.1. The fraction of sp³-hybridized carbons (Fsp3) is 0.389. The van der Waals surface area contributed by atoms with Crippen molar-refractivity contribution in [2.45, 2.75) is 12.5 Å². The molecule has 0 radical (unpaired) electrons. The molecule has 1 aliphatic rings. The van der Waals surface area contributed by atoms with E-state index >= 15 is 0 Å². The van der Waals surface area contributed by atoms with Gasteiger partial charge < -0.3 is 10.6 Å². The summed E-state index contributed by atoms with van der Waals surface area (Å²) in [5, 5.41) is 4.03. The van der Waals surface area contributed by atoms with Gasteiger partial charge in [-0.25, -0.2) is 0 Å². The average molecular weight is 341 g/mol. The third kappa shape index (κ3) is 3.88. The zero-order valence-electron chi connectivity index (χ0n) is 14.3. The highest BCUT2D eigenvalue weighted by Gasteiger charge is 2.33. The molecular weight excluding hydrogens is 318 g/mol. The summed E-state index contributed by atoms with van der Waals surface area (Å²) in [6, 6.07) is 11.4. The summed E-state index contributed by atoms with van der Waals surface area (Å²) in [5.74, 6) is -0.510. The summed E-state index contributed by atoms with van der Waals surface area (Å²) in [5.41, 5.74) is 7.34. The second-order valence-corrected chi connectivity index (χ2v) is 6.28. The minimum atomic E-state index is -0.463. The van der Waals surface area contributed by atoms with Gasteiger partial charge in [-0.15, -0.1) is 0 Å². The van der Waals surface area contributed by atoms with Gasteiger partial charge in [0.15, 0.2) is 0 Å². The van der Waals surface area contributed by atoms with E-state index in [1.807, 2.05) is 18.2 Å². The second-order valence-electron chi connectivity index (χ2n) is 6.28. The molecule has 1 aromatic heterocycles. The summed E-state index contributed by atoms with van der Waals surface area (Å²) in [7, 11) is 1.73. The Kier molecular flexibility index (Phi) is 5.14. The number of nitrogens with zero attached hydrogens (tertiary/aromatic N) is 4. The van der Waals surface area contributed by atoms with E-state index in [2.05, 4.69) is 22.1 Å². The number of piperazine rings is 1. The van der Waals surface area contributed by atoms with Crippen molar-refractivity contribution in [1.29, 1.82) is 0 Å². The van der Waals surface area contributed by atoms with Crippen LogP contribution in [-0.4, -0.2) is 63.6 Å². The lowest BCUT2D eigenvalue weighted by molar-refractivity contribution is -0.125. The fourth-order valence-corrected chi connectivity index (χ4v) is 3.21. The lowest BCUT2D eigenvalue weighted by Gasteiger charge is -2.39. The van der Waals surface area contributed by atoms with Crippen LogP contribution in [0.4, 0.5) is 0 Å². The van der Waals surface area contributed by atoms with E-state index in [9.17, 15) is 9.59 Å². The van der Waals surface area contributed by atoms with E-state index in [-0.39, 0.29) is 5.91 Å². The van der Waals surface area contributed by atoms with Crippen molar-refractivity contribution in [3.8, 4) is 0 Å². The smallest absolute Gasteiger partial charge is 0.272 e. The molecule has 0 bridgehead atoms. The Hall–Kier alpha value is -2.67. The molecule has 1 aliphatic heterocycles. The van der Waals surface area contributed by atoms with Crippen LogP contribution in [0.15, 0.2) is 42.6 Å². The van der Waals surface area contributed by atoms with Crippen LogP contribution >= 0.6 is 0 Å². The summed E-state index contributed by atoms with van der Waals surface area (Å²) in [6.45, 7) is 2.26. The third-order valence-electron chi connectivity index (χ3n) is 4.68. The van der Waals surface area contributed by atoms with Crippen LogP contribution in [0.1, 0.15) is 16.1 Å². The molecule has 1 saturated heterocycles. The largest absolute Gasteiger partial charge is 0.368 e. The zero-order valence-corrected chi connectivity index (χ0v) is 14.3. The first kappa shape index (κ1) is 17.2. The molecule has 3 rings (SSSR count). The van der Waals surface area contributed by atoms with Crippen LogP contribution in [0.3, 0.4) is 0 Å². The molecule has 25 heavy (non-hydrogen) atoms. The molecule has 1 unspecified atom stereocenters. The number of aryl methyl sites for hydroxylation is 1. The molecule has 7 heteroatoms.